The highest BCUT2D eigenvalue weighted by Gasteiger charge is 2.13. The van der Waals surface area contributed by atoms with Crippen LogP contribution in [0.25, 0.3) is 0 Å². The van der Waals surface area contributed by atoms with Crippen molar-refractivity contribution < 1.29 is 14.2 Å². The lowest BCUT2D eigenvalue weighted by Gasteiger charge is -2.18. The fourth-order valence-electron chi connectivity index (χ4n) is 2.10. The molecule has 112 valence electrons. The number of methoxy groups -OCH3 is 1. The Hall–Kier alpha value is -1.62. The average Bonchev–Trinajstić information content (AvgIpc) is 2.51. The molecule has 0 aromatic heterocycles. The summed E-state index contributed by atoms with van der Waals surface area (Å²) < 4.78 is 18.8. The molecule has 1 unspecified atom stereocenters. The molecule has 0 radical (unpaired) electrons. The Kier molecular flexibility index (Phi) is 5.56. The summed E-state index contributed by atoms with van der Waals surface area (Å²) in [5, 5.41) is 12.7. The van der Waals surface area contributed by atoms with Gasteiger partial charge in [0.05, 0.1) is 24.8 Å². The van der Waals surface area contributed by atoms with Crippen molar-refractivity contribution in [2.24, 2.45) is 0 Å². The van der Waals surface area contributed by atoms with E-state index in [2.05, 4.69) is 5.32 Å². The summed E-state index contributed by atoms with van der Waals surface area (Å²) in [6, 6.07) is 11.7. The third kappa shape index (κ3) is 3.94. The van der Waals surface area contributed by atoms with Crippen LogP contribution < -0.4 is 10.1 Å². The Labute approximate surface area is 128 Å². The van der Waals surface area contributed by atoms with Crippen molar-refractivity contribution in [2.75, 3.05) is 13.7 Å². The van der Waals surface area contributed by atoms with Crippen LogP contribution in [0.2, 0.25) is 5.02 Å². The molecule has 2 N–H and O–H groups in total. The Morgan fingerprint density at radius 2 is 2.05 bits per heavy atom. The summed E-state index contributed by atoms with van der Waals surface area (Å²) in [6.45, 7) is 0.357. The number of nitrogens with one attached hydrogen (secondary N) is 1. The van der Waals surface area contributed by atoms with Crippen LogP contribution in [0.3, 0.4) is 0 Å². The van der Waals surface area contributed by atoms with Crippen LogP contribution in [-0.4, -0.2) is 18.8 Å². The highest BCUT2D eigenvalue weighted by atomic mass is 35.5. The molecule has 2 rings (SSSR count). The van der Waals surface area contributed by atoms with Crippen LogP contribution in [0.15, 0.2) is 42.5 Å². The molecular weight excluding hydrogens is 293 g/mol. The monoisotopic (exact) mass is 309 g/mol. The molecule has 0 aliphatic rings. The minimum atomic E-state index is -0.494. The number of hydrogen-bond acceptors (Lipinski definition) is 3. The first-order valence-corrected chi connectivity index (χ1v) is 6.94. The quantitative estimate of drug-likeness (QED) is 0.860. The van der Waals surface area contributed by atoms with Crippen molar-refractivity contribution >= 4 is 11.6 Å². The first kappa shape index (κ1) is 15.8. The maximum atomic E-state index is 13.5. The minimum absolute atomic E-state index is 0.0696. The first-order valence-electron chi connectivity index (χ1n) is 6.56. The Morgan fingerprint density at radius 1 is 1.29 bits per heavy atom. The number of aliphatic hydroxyl groups is 1. The Bertz CT molecular complexity index is 607. The molecule has 2 aromatic carbocycles. The molecule has 0 saturated carbocycles. The molecule has 5 heteroatoms. The standard InChI is InChI=1S/C16H17ClFNO2/c1-21-16-5-3-2-4-12(16)9-19-15(10-20)11-6-7-13(17)14(18)8-11/h2-8,15,19-20H,9-10H2,1H3. The molecule has 0 bridgehead atoms. The zero-order valence-corrected chi connectivity index (χ0v) is 12.4. The number of aliphatic hydroxyl groups excluding tert-OH is 1. The second kappa shape index (κ2) is 7.41. The lowest BCUT2D eigenvalue weighted by Crippen LogP contribution is -2.24. The number of hydrogen-bond donors (Lipinski definition) is 2. The average molecular weight is 310 g/mol. The van der Waals surface area contributed by atoms with Crippen LogP contribution >= 0.6 is 11.6 Å². The Balaban J connectivity index is 2.10. The van der Waals surface area contributed by atoms with Gasteiger partial charge < -0.3 is 15.2 Å². The third-order valence-electron chi connectivity index (χ3n) is 3.26. The lowest BCUT2D eigenvalue weighted by molar-refractivity contribution is 0.243. The van der Waals surface area contributed by atoms with Crippen LogP contribution in [-0.2, 0) is 6.54 Å². The molecule has 0 spiro atoms. The smallest absolute Gasteiger partial charge is 0.142 e. The van der Waals surface area contributed by atoms with Crippen LogP contribution in [0, 0.1) is 5.82 Å². The van der Waals surface area contributed by atoms with E-state index < -0.39 is 5.82 Å². The van der Waals surface area contributed by atoms with Crippen molar-refractivity contribution in [3.8, 4) is 5.75 Å². The number of ether oxygens (including phenoxy) is 1. The van der Waals surface area contributed by atoms with Crippen molar-refractivity contribution in [2.45, 2.75) is 12.6 Å². The molecule has 1 atom stereocenters. The summed E-state index contributed by atoms with van der Waals surface area (Å²) >= 11 is 5.67. The second-order valence-electron chi connectivity index (χ2n) is 4.60. The van der Waals surface area contributed by atoms with Gasteiger partial charge in [-0.3, -0.25) is 0 Å². The van der Waals surface area contributed by atoms with Crippen molar-refractivity contribution in [1.29, 1.82) is 0 Å². The van der Waals surface area contributed by atoms with E-state index in [0.717, 1.165) is 11.3 Å². The SMILES string of the molecule is COc1ccccc1CNC(CO)c1ccc(Cl)c(F)c1. The van der Waals surface area contributed by atoms with E-state index in [4.69, 9.17) is 16.3 Å². The normalized spacial score (nSPS) is 12.2. The number of benzene rings is 2. The third-order valence-corrected chi connectivity index (χ3v) is 3.57. The maximum absolute atomic E-state index is 13.5. The maximum Gasteiger partial charge on any atom is 0.142 e. The first-order chi connectivity index (χ1) is 10.2. The van der Waals surface area contributed by atoms with Gasteiger partial charge in [0, 0.05) is 12.1 Å². The van der Waals surface area contributed by atoms with Crippen molar-refractivity contribution in [1.82, 2.24) is 5.32 Å². The van der Waals surface area contributed by atoms with Gasteiger partial charge in [0.25, 0.3) is 0 Å². The summed E-state index contributed by atoms with van der Waals surface area (Å²) in [7, 11) is 1.61. The zero-order valence-electron chi connectivity index (χ0n) is 11.6. The van der Waals surface area contributed by atoms with Crippen LogP contribution in [0.5, 0.6) is 5.75 Å². The molecular formula is C16H17ClFNO2. The van der Waals surface area contributed by atoms with E-state index >= 15 is 0 Å². The Morgan fingerprint density at radius 3 is 2.71 bits per heavy atom. The fourth-order valence-corrected chi connectivity index (χ4v) is 2.22. The van der Waals surface area contributed by atoms with Gasteiger partial charge in [0.1, 0.15) is 11.6 Å². The van der Waals surface area contributed by atoms with Gasteiger partial charge in [0.2, 0.25) is 0 Å². The van der Waals surface area contributed by atoms with Gasteiger partial charge in [-0.05, 0) is 23.8 Å². The van der Waals surface area contributed by atoms with E-state index in [1.54, 1.807) is 13.2 Å². The predicted molar refractivity (Wildman–Crippen MR) is 81.1 cm³/mol. The minimum Gasteiger partial charge on any atom is -0.496 e. The molecule has 21 heavy (non-hydrogen) atoms. The van der Waals surface area contributed by atoms with Gasteiger partial charge in [-0.15, -0.1) is 0 Å². The van der Waals surface area contributed by atoms with Gasteiger partial charge >= 0.3 is 0 Å². The summed E-state index contributed by atoms with van der Waals surface area (Å²) in [5.41, 5.74) is 1.61. The van der Waals surface area contributed by atoms with E-state index in [1.807, 2.05) is 24.3 Å². The van der Waals surface area contributed by atoms with Crippen molar-refractivity contribution in [3.63, 3.8) is 0 Å². The number of para-hydroxylation sites is 1. The van der Waals surface area contributed by atoms with Gasteiger partial charge in [-0.2, -0.15) is 0 Å². The van der Waals surface area contributed by atoms with Gasteiger partial charge in [0.15, 0.2) is 0 Å². The second-order valence-corrected chi connectivity index (χ2v) is 5.01. The molecule has 3 nitrogen and oxygen atoms in total. The highest BCUT2D eigenvalue weighted by molar-refractivity contribution is 6.30. The summed E-state index contributed by atoms with van der Waals surface area (Å²) in [6.07, 6.45) is 0. The predicted octanol–water partition coefficient (Wildman–Crippen LogP) is 3.31. The topological polar surface area (TPSA) is 41.5 Å². The summed E-state index contributed by atoms with van der Waals surface area (Å²) in [5.74, 6) is 0.274. The fraction of sp³-hybridized carbons (Fsp3) is 0.250. The van der Waals surface area contributed by atoms with Gasteiger partial charge in [-0.25, -0.2) is 4.39 Å². The molecule has 0 fully saturated rings. The molecule has 0 aliphatic carbocycles. The van der Waals surface area contributed by atoms with E-state index in [9.17, 15) is 9.50 Å². The van der Waals surface area contributed by atoms with E-state index in [-0.39, 0.29) is 17.7 Å². The van der Waals surface area contributed by atoms with E-state index in [1.165, 1.54) is 12.1 Å². The summed E-state index contributed by atoms with van der Waals surface area (Å²) in [4.78, 5) is 0. The lowest BCUT2D eigenvalue weighted by atomic mass is 10.1. The van der Waals surface area contributed by atoms with Gasteiger partial charge in [-0.1, -0.05) is 35.9 Å². The molecule has 2 aromatic rings. The van der Waals surface area contributed by atoms with Crippen LogP contribution in [0.1, 0.15) is 17.2 Å². The van der Waals surface area contributed by atoms with E-state index in [0.29, 0.717) is 12.1 Å². The largest absolute Gasteiger partial charge is 0.496 e. The molecule has 0 heterocycles. The number of halogens is 2. The molecule has 0 saturated heterocycles. The molecule has 0 amide bonds. The zero-order chi connectivity index (χ0) is 15.2. The van der Waals surface area contributed by atoms with Crippen molar-refractivity contribution in [3.05, 3.63) is 64.4 Å². The highest BCUT2D eigenvalue weighted by Crippen LogP contribution is 2.22. The molecule has 0 aliphatic heterocycles. The number of rotatable bonds is 6. The van der Waals surface area contributed by atoms with Crippen LogP contribution in [0.4, 0.5) is 4.39 Å².